The lowest BCUT2D eigenvalue weighted by Crippen LogP contribution is -2.42. The number of nitrogens with one attached hydrogen (secondary N) is 1. The van der Waals surface area contributed by atoms with Gasteiger partial charge in [-0.25, -0.2) is 0 Å². The second-order valence-electron chi connectivity index (χ2n) is 5.71. The second-order valence-corrected chi connectivity index (χ2v) is 5.71. The molecule has 108 valence electrons. The van der Waals surface area contributed by atoms with E-state index in [0.29, 0.717) is 25.3 Å². The largest absolute Gasteiger partial charge is 0.481 e. The Hall–Kier alpha value is -1.10. The molecule has 19 heavy (non-hydrogen) atoms. The topological polar surface area (TPSA) is 75.6 Å². The number of carbonyl (C=O) groups excluding carboxylic acids is 1. The minimum atomic E-state index is -0.836. The first-order valence-corrected chi connectivity index (χ1v) is 7.21. The second kappa shape index (κ2) is 6.37. The minimum Gasteiger partial charge on any atom is -0.481 e. The summed E-state index contributed by atoms with van der Waals surface area (Å²) < 4.78 is 5.46. The van der Waals surface area contributed by atoms with Gasteiger partial charge in [-0.1, -0.05) is 12.8 Å². The molecule has 0 radical (unpaired) electrons. The van der Waals surface area contributed by atoms with Gasteiger partial charge in [-0.05, 0) is 26.2 Å². The molecule has 1 saturated heterocycles. The van der Waals surface area contributed by atoms with Crippen molar-refractivity contribution in [1.82, 2.24) is 5.32 Å². The zero-order valence-electron chi connectivity index (χ0n) is 11.4. The maximum Gasteiger partial charge on any atom is 0.307 e. The summed E-state index contributed by atoms with van der Waals surface area (Å²) in [5.74, 6) is -1.44. The Morgan fingerprint density at radius 3 is 2.47 bits per heavy atom. The first-order valence-electron chi connectivity index (χ1n) is 7.21. The van der Waals surface area contributed by atoms with Gasteiger partial charge in [0.05, 0.1) is 17.9 Å². The van der Waals surface area contributed by atoms with Crippen molar-refractivity contribution in [2.24, 2.45) is 17.8 Å². The van der Waals surface area contributed by atoms with Crippen molar-refractivity contribution < 1.29 is 19.4 Å². The molecule has 4 atom stereocenters. The maximum atomic E-state index is 12.2. The molecule has 0 spiro atoms. The summed E-state index contributed by atoms with van der Waals surface area (Å²) in [5, 5.41) is 12.1. The molecular weight excluding hydrogens is 246 g/mol. The summed E-state index contributed by atoms with van der Waals surface area (Å²) >= 11 is 0. The molecule has 0 bridgehead atoms. The van der Waals surface area contributed by atoms with Gasteiger partial charge in [-0.3, -0.25) is 9.59 Å². The van der Waals surface area contributed by atoms with E-state index in [-0.39, 0.29) is 17.9 Å². The van der Waals surface area contributed by atoms with Crippen molar-refractivity contribution >= 4 is 11.9 Å². The number of carboxylic acid groups (broad SMARTS) is 1. The summed E-state index contributed by atoms with van der Waals surface area (Å²) in [6.07, 6.45) is 4.32. The highest BCUT2D eigenvalue weighted by Crippen LogP contribution is 2.30. The van der Waals surface area contributed by atoms with Crippen LogP contribution in [0.15, 0.2) is 0 Å². The molecule has 1 heterocycles. The van der Waals surface area contributed by atoms with Crippen LogP contribution in [-0.2, 0) is 14.3 Å². The van der Waals surface area contributed by atoms with Gasteiger partial charge in [0, 0.05) is 19.1 Å². The van der Waals surface area contributed by atoms with Gasteiger partial charge in [0.25, 0.3) is 0 Å². The lowest BCUT2D eigenvalue weighted by Gasteiger charge is -2.28. The van der Waals surface area contributed by atoms with Gasteiger partial charge >= 0.3 is 5.97 Å². The molecule has 5 heteroatoms. The molecule has 0 aromatic carbocycles. The van der Waals surface area contributed by atoms with Crippen LogP contribution in [0.25, 0.3) is 0 Å². The lowest BCUT2D eigenvalue weighted by atomic mass is 9.78. The number of carboxylic acids is 1. The van der Waals surface area contributed by atoms with Gasteiger partial charge in [0.1, 0.15) is 0 Å². The summed E-state index contributed by atoms with van der Waals surface area (Å²) in [7, 11) is 0. The fourth-order valence-corrected chi connectivity index (χ4v) is 3.15. The quantitative estimate of drug-likeness (QED) is 0.809. The monoisotopic (exact) mass is 269 g/mol. The molecule has 1 amide bonds. The SMILES string of the molecule is CC1OCCC1CNC(=O)[C@@H]1CCCC[C@@H]1C(=O)O. The predicted octanol–water partition coefficient (Wildman–Crippen LogP) is 1.42. The third kappa shape index (κ3) is 3.47. The summed E-state index contributed by atoms with van der Waals surface area (Å²) in [6, 6.07) is 0. The molecule has 1 aliphatic carbocycles. The molecule has 0 aromatic rings. The number of hydrogen-bond donors (Lipinski definition) is 2. The average molecular weight is 269 g/mol. The number of rotatable bonds is 4. The first kappa shape index (κ1) is 14.3. The molecule has 1 saturated carbocycles. The summed E-state index contributed by atoms with van der Waals surface area (Å²) in [5.41, 5.74) is 0. The number of aliphatic carboxylic acids is 1. The smallest absolute Gasteiger partial charge is 0.307 e. The first-order chi connectivity index (χ1) is 9.09. The third-order valence-electron chi connectivity index (χ3n) is 4.49. The standard InChI is InChI=1S/C14H23NO4/c1-9-10(6-7-19-9)8-15-13(16)11-4-2-3-5-12(11)14(17)18/h9-12H,2-8H2,1H3,(H,15,16)(H,17,18)/t9?,10?,11-,12+/m1/s1. The molecular formula is C14H23NO4. The Morgan fingerprint density at radius 1 is 1.21 bits per heavy atom. The van der Waals surface area contributed by atoms with E-state index < -0.39 is 11.9 Å². The molecule has 5 nitrogen and oxygen atoms in total. The van der Waals surface area contributed by atoms with Gasteiger partial charge in [0.2, 0.25) is 5.91 Å². The molecule has 2 rings (SSSR count). The van der Waals surface area contributed by atoms with Gasteiger partial charge in [-0.15, -0.1) is 0 Å². The van der Waals surface area contributed by atoms with E-state index >= 15 is 0 Å². The average Bonchev–Trinajstić information content (AvgIpc) is 2.81. The third-order valence-corrected chi connectivity index (χ3v) is 4.49. The predicted molar refractivity (Wildman–Crippen MR) is 69.6 cm³/mol. The zero-order chi connectivity index (χ0) is 13.8. The van der Waals surface area contributed by atoms with Crippen molar-refractivity contribution in [3.05, 3.63) is 0 Å². The van der Waals surface area contributed by atoms with Gasteiger partial charge in [0.15, 0.2) is 0 Å². The van der Waals surface area contributed by atoms with E-state index in [1.165, 1.54) is 0 Å². The van der Waals surface area contributed by atoms with Gasteiger partial charge in [-0.2, -0.15) is 0 Å². The van der Waals surface area contributed by atoms with Crippen molar-refractivity contribution in [2.75, 3.05) is 13.2 Å². The highest BCUT2D eigenvalue weighted by molar-refractivity contribution is 5.84. The van der Waals surface area contributed by atoms with E-state index in [1.54, 1.807) is 0 Å². The Balaban J connectivity index is 1.85. The molecule has 2 N–H and O–H groups in total. The molecule has 2 aliphatic rings. The maximum absolute atomic E-state index is 12.2. The Kier molecular flexibility index (Phi) is 4.80. The normalized spacial score (nSPS) is 35.0. The van der Waals surface area contributed by atoms with E-state index in [2.05, 4.69) is 5.32 Å². The number of carbonyl (C=O) groups is 2. The van der Waals surface area contributed by atoms with Crippen molar-refractivity contribution in [3.63, 3.8) is 0 Å². The van der Waals surface area contributed by atoms with Gasteiger partial charge < -0.3 is 15.2 Å². The van der Waals surface area contributed by atoms with Crippen LogP contribution in [0.1, 0.15) is 39.0 Å². The highest BCUT2D eigenvalue weighted by Gasteiger charge is 2.36. The van der Waals surface area contributed by atoms with Crippen molar-refractivity contribution in [3.8, 4) is 0 Å². The number of hydrogen-bond acceptors (Lipinski definition) is 3. The number of amides is 1. The van der Waals surface area contributed by atoms with Crippen LogP contribution in [-0.4, -0.2) is 36.2 Å². The zero-order valence-corrected chi connectivity index (χ0v) is 11.4. The minimum absolute atomic E-state index is 0.0915. The molecule has 0 aromatic heterocycles. The fraction of sp³-hybridized carbons (Fsp3) is 0.857. The summed E-state index contributed by atoms with van der Waals surface area (Å²) in [6.45, 7) is 3.37. The fourth-order valence-electron chi connectivity index (χ4n) is 3.15. The van der Waals surface area contributed by atoms with E-state index in [9.17, 15) is 14.7 Å². The Labute approximate surface area is 113 Å². The van der Waals surface area contributed by atoms with Crippen molar-refractivity contribution in [1.29, 1.82) is 0 Å². The van der Waals surface area contributed by atoms with Crippen LogP contribution in [0, 0.1) is 17.8 Å². The highest BCUT2D eigenvalue weighted by atomic mass is 16.5. The summed E-state index contributed by atoms with van der Waals surface area (Å²) in [4.78, 5) is 23.3. The van der Waals surface area contributed by atoms with Crippen molar-refractivity contribution in [2.45, 2.75) is 45.1 Å². The van der Waals surface area contributed by atoms with E-state index in [1.807, 2.05) is 6.92 Å². The van der Waals surface area contributed by atoms with Crippen LogP contribution in [0.2, 0.25) is 0 Å². The van der Waals surface area contributed by atoms with Crippen LogP contribution >= 0.6 is 0 Å². The van der Waals surface area contributed by atoms with Crippen LogP contribution in [0.4, 0.5) is 0 Å². The van der Waals surface area contributed by atoms with Crippen LogP contribution < -0.4 is 5.32 Å². The Bertz CT molecular complexity index is 344. The lowest BCUT2D eigenvalue weighted by molar-refractivity contribution is -0.149. The molecule has 2 unspecified atom stereocenters. The molecule has 1 aliphatic heterocycles. The van der Waals surface area contributed by atoms with E-state index in [0.717, 1.165) is 25.9 Å². The Morgan fingerprint density at radius 2 is 1.89 bits per heavy atom. The molecule has 2 fully saturated rings. The van der Waals surface area contributed by atoms with E-state index in [4.69, 9.17) is 4.74 Å². The number of ether oxygens (including phenoxy) is 1. The van der Waals surface area contributed by atoms with Crippen LogP contribution in [0.5, 0.6) is 0 Å². The van der Waals surface area contributed by atoms with Crippen LogP contribution in [0.3, 0.4) is 0 Å².